The highest BCUT2D eigenvalue weighted by Gasteiger charge is 2.86. The van der Waals surface area contributed by atoms with Crippen LogP contribution in [0.3, 0.4) is 0 Å². The molecule has 5 rings (SSSR count). The molecule has 196 valence electrons. The molecule has 0 amide bonds. The van der Waals surface area contributed by atoms with Gasteiger partial charge in [0.1, 0.15) is 0 Å². The van der Waals surface area contributed by atoms with Gasteiger partial charge in [0, 0.05) is 11.5 Å². The molecule has 4 bridgehead atoms. The van der Waals surface area contributed by atoms with E-state index in [1.54, 1.807) is 24.3 Å². The topological polar surface area (TPSA) is 68.3 Å². The average molecular weight is 501 g/mol. The summed E-state index contributed by atoms with van der Waals surface area (Å²) in [6, 6.07) is 8.68. The fourth-order valence-corrected chi connectivity index (χ4v) is 7.59. The first-order valence-electron chi connectivity index (χ1n) is 13.4. The maximum atomic E-state index is 15.0. The van der Waals surface area contributed by atoms with Gasteiger partial charge in [0.15, 0.2) is 28.5 Å². The van der Waals surface area contributed by atoms with Crippen LogP contribution in [0.25, 0.3) is 0 Å². The second-order valence-electron chi connectivity index (χ2n) is 12.8. The molecular weight excluding hydrogens is 460 g/mol. The van der Waals surface area contributed by atoms with Crippen LogP contribution in [-0.2, 0) is 14.4 Å². The predicted octanol–water partition coefficient (Wildman–Crippen LogP) is 6.90. The fourth-order valence-electron chi connectivity index (χ4n) is 7.59. The molecule has 37 heavy (non-hydrogen) atoms. The molecule has 0 saturated heterocycles. The Morgan fingerprint density at radius 1 is 0.811 bits per heavy atom. The molecule has 1 aromatic carbocycles. The summed E-state index contributed by atoms with van der Waals surface area (Å²) >= 11 is 0. The lowest BCUT2D eigenvalue weighted by Crippen LogP contribution is -2.83. The van der Waals surface area contributed by atoms with Crippen molar-refractivity contribution in [2.75, 3.05) is 0 Å². The van der Waals surface area contributed by atoms with Crippen LogP contribution in [0.5, 0.6) is 0 Å². The van der Waals surface area contributed by atoms with Crippen molar-refractivity contribution in [1.82, 2.24) is 0 Å². The van der Waals surface area contributed by atoms with E-state index in [1.165, 1.54) is 0 Å². The van der Waals surface area contributed by atoms with Gasteiger partial charge in [0.2, 0.25) is 0 Å². The summed E-state index contributed by atoms with van der Waals surface area (Å²) < 4.78 is 0. The fraction of sp³-hybridized carbons (Fsp3) is 0.515. The van der Waals surface area contributed by atoms with Crippen molar-refractivity contribution in [3.8, 4) is 0 Å². The lowest BCUT2D eigenvalue weighted by Gasteiger charge is -2.70. The maximum absolute atomic E-state index is 15.0. The molecule has 0 heterocycles. The van der Waals surface area contributed by atoms with Gasteiger partial charge >= 0.3 is 0 Å². The van der Waals surface area contributed by atoms with E-state index in [0.29, 0.717) is 12.0 Å². The molecule has 4 aliphatic carbocycles. The summed E-state index contributed by atoms with van der Waals surface area (Å²) in [7, 11) is 0. The number of hydrogen-bond acceptors (Lipinski definition) is 4. The van der Waals surface area contributed by atoms with Gasteiger partial charge in [-0.3, -0.25) is 19.2 Å². The Bertz CT molecular complexity index is 1260. The summed E-state index contributed by atoms with van der Waals surface area (Å²) in [5.74, 6) is -2.25. The Labute approximate surface area is 221 Å². The minimum absolute atomic E-state index is 0.181. The predicted molar refractivity (Wildman–Crippen MR) is 146 cm³/mol. The van der Waals surface area contributed by atoms with E-state index in [1.807, 2.05) is 73.6 Å². The van der Waals surface area contributed by atoms with Gasteiger partial charge < -0.3 is 0 Å². The lowest BCUT2D eigenvalue weighted by molar-refractivity contribution is -0.209. The molecule has 4 fully saturated rings. The van der Waals surface area contributed by atoms with E-state index in [-0.39, 0.29) is 30.5 Å². The summed E-state index contributed by atoms with van der Waals surface area (Å²) in [5, 5.41) is 0. The zero-order chi connectivity index (χ0) is 27.6. The highest BCUT2D eigenvalue weighted by Crippen LogP contribution is 2.75. The molecule has 0 aromatic heterocycles. The first-order valence-corrected chi connectivity index (χ1v) is 13.4. The van der Waals surface area contributed by atoms with Gasteiger partial charge in [0.05, 0.1) is 10.8 Å². The zero-order valence-electron chi connectivity index (χ0n) is 23.5. The van der Waals surface area contributed by atoms with E-state index in [2.05, 4.69) is 6.08 Å². The largest absolute Gasteiger partial charge is 0.297 e. The normalized spacial score (nSPS) is 33.2. The highest BCUT2D eigenvalue weighted by atomic mass is 16.2. The average Bonchev–Trinajstić information content (AvgIpc) is 2.82. The van der Waals surface area contributed by atoms with E-state index in [9.17, 15) is 14.4 Å². The maximum Gasteiger partial charge on any atom is 0.184 e. The van der Waals surface area contributed by atoms with Crippen molar-refractivity contribution in [1.29, 1.82) is 0 Å². The third-order valence-corrected chi connectivity index (χ3v) is 9.41. The number of carbonyl (C=O) groups excluding carboxylic acids is 4. The van der Waals surface area contributed by atoms with Crippen LogP contribution >= 0.6 is 0 Å². The number of allylic oxidation sites excluding steroid dienone is 6. The van der Waals surface area contributed by atoms with Crippen LogP contribution in [0.2, 0.25) is 0 Å². The third-order valence-electron chi connectivity index (χ3n) is 9.41. The Kier molecular flexibility index (Phi) is 6.50. The summed E-state index contributed by atoms with van der Waals surface area (Å²) in [4.78, 5) is 59.0. The minimum Gasteiger partial charge on any atom is -0.297 e. The molecule has 0 aliphatic heterocycles. The highest BCUT2D eigenvalue weighted by molar-refractivity contribution is 6.42. The van der Waals surface area contributed by atoms with Crippen molar-refractivity contribution in [2.45, 2.75) is 74.7 Å². The molecule has 0 spiro atoms. The molecule has 1 aromatic rings. The molecular formula is C33H40O4. The SMILES string of the molecule is CC(C)=CC[C@@]12C[C@H]3[C@@H](C=C(C)C)[C@@](CC=C(C)C)(C1=O)C(=O)[C@](C(=O)c1ccccc1)(C2=O)C3(C)C. The van der Waals surface area contributed by atoms with Crippen molar-refractivity contribution >= 4 is 23.1 Å². The van der Waals surface area contributed by atoms with E-state index in [4.69, 9.17) is 0 Å². The Morgan fingerprint density at radius 3 is 1.92 bits per heavy atom. The minimum atomic E-state index is -1.90. The van der Waals surface area contributed by atoms with E-state index in [0.717, 1.165) is 16.7 Å². The molecule has 0 unspecified atom stereocenters. The molecule has 4 aliphatic rings. The van der Waals surface area contributed by atoms with Gasteiger partial charge in [-0.05, 0) is 72.1 Å². The van der Waals surface area contributed by atoms with Gasteiger partial charge in [-0.25, -0.2) is 0 Å². The van der Waals surface area contributed by atoms with Crippen molar-refractivity contribution in [2.24, 2.45) is 33.5 Å². The van der Waals surface area contributed by atoms with Gasteiger partial charge in [-0.15, -0.1) is 0 Å². The second-order valence-corrected chi connectivity index (χ2v) is 12.8. The number of benzene rings is 1. The van der Waals surface area contributed by atoms with Gasteiger partial charge in [-0.1, -0.05) is 79.1 Å². The lowest BCUT2D eigenvalue weighted by atomic mass is 9.27. The Hall–Kier alpha value is -2.88. The smallest absolute Gasteiger partial charge is 0.184 e. The number of hydrogen-bond donors (Lipinski definition) is 0. The zero-order valence-corrected chi connectivity index (χ0v) is 23.5. The van der Waals surface area contributed by atoms with Crippen molar-refractivity contribution in [3.05, 3.63) is 70.8 Å². The first-order chi connectivity index (χ1) is 17.2. The quantitative estimate of drug-likeness (QED) is 0.232. The van der Waals surface area contributed by atoms with Crippen LogP contribution in [-0.4, -0.2) is 23.1 Å². The van der Waals surface area contributed by atoms with Crippen molar-refractivity contribution < 1.29 is 19.2 Å². The standard InChI is InChI=1S/C33H40O4/c1-20(2)14-16-31-19-25-24(18-22(5)6)32(27(31)35,17-15-21(3)4)29(37)33(28(31)36,30(25,7)8)26(34)23-12-10-9-11-13-23/h9-15,18,24-25H,16-17,19H2,1-8H3/t24-,25+,31-,32+,33+/m1/s1. The summed E-state index contributed by atoms with van der Waals surface area (Å²) in [6.07, 6.45) is 6.76. The molecule has 0 N–H and O–H groups in total. The first kappa shape index (κ1) is 27.2. The molecule has 0 radical (unpaired) electrons. The Balaban J connectivity index is 2.13. The monoisotopic (exact) mass is 500 g/mol. The molecule has 4 nitrogen and oxygen atoms in total. The van der Waals surface area contributed by atoms with E-state index < -0.39 is 39.0 Å². The second kappa shape index (κ2) is 8.85. The summed E-state index contributed by atoms with van der Waals surface area (Å²) in [6.45, 7) is 15.6. The van der Waals surface area contributed by atoms with Gasteiger partial charge in [-0.2, -0.15) is 0 Å². The van der Waals surface area contributed by atoms with Crippen LogP contribution in [0.15, 0.2) is 65.3 Å². The van der Waals surface area contributed by atoms with Crippen molar-refractivity contribution in [3.63, 3.8) is 0 Å². The van der Waals surface area contributed by atoms with Gasteiger partial charge in [0.25, 0.3) is 0 Å². The number of rotatable bonds is 7. The summed E-state index contributed by atoms with van der Waals surface area (Å²) in [5.41, 5.74) is -2.29. The molecule has 4 heteroatoms. The van der Waals surface area contributed by atoms with E-state index >= 15 is 4.79 Å². The number of Topliss-reactive ketones (excluding diaryl/α,β-unsaturated/α-hetero) is 4. The Morgan fingerprint density at radius 2 is 1.38 bits per heavy atom. The molecule has 4 saturated carbocycles. The molecule has 5 atom stereocenters. The van der Waals surface area contributed by atoms with Crippen LogP contribution in [0, 0.1) is 33.5 Å². The van der Waals surface area contributed by atoms with Crippen LogP contribution < -0.4 is 0 Å². The number of ketones is 4. The third kappa shape index (κ3) is 3.40. The van der Waals surface area contributed by atoms with Crippen LogP contribution in [0.4, 0.5) is 0 Å². The number of carbonyl (C=O) groups is 4. The van der Waals surface area contributed by atoms with Crippen LogP contribution in [0.1, 0.15) is 85.0 Å².